The predicted molar refractivity (Wildman–Crippen MR) is 111 cm³/mol. The number of hydrogen-bond acceptors (Lipinski definition) is 5. The minimum atomic E-state index is -3.66. The third kappa shape index (κ3) is 6.20. The molecule has 1 atom stereocenters. The highest BCUT2D eigenvalue weighted by Crippen LogP contribution is 2.21. The van der Waals surface area contributed by atoms with Crippen molar-refractivity contribution in [1.82, 2.24) is 9.62 Å². The second-order valence-electron chi connectivity index (χ2n) is 7.00. The Labute approximate surface area is 172 Å². The first kappa shape index (κ1) is 22.7. The van der Waals surface area contributed by atoms with Gasteiger partial charge in [-0.1, -0.05) is 12.1 Å². The number of carbonyl (C=O) groups is 1. The molecule has 0 unspecified atom stereocenters. The fourth-order valence-corrected chi connectivity index (χ4v) is 3.76. The molecule has 0 heterocycles. The number of hydrogen-bond donors (Lipinski definition) is 1. The fourth-order valence-electron chi connectivity index (χ4n) is 2.60. The van der Waals surface area contributed by atoms with E-state index in [4.69, 9.17) is 9.47 Å². The number of carbonyl (C=O) groups excluding carboxylic acids is 1. The predicted octanol–water partition coefficient (Wildman–Crippen LogP) is 2.81. The molecule has 29 heavy (non-hydrogen) atoms. The van der Waals surface area contributed by atoms with Crippen molar-refractivity contribution in [2.45, 2.75) is 44.4 Å². The number of rotatable bonds is 9. The summed E-state index contributed by atoms with van der Waals surface area (Å²) in [5.41, 5.74) is 0.849. The lowest BCUT2D eigenvalue weighted by molar-refractivity contribution is -0.127. The van der Waals surface area contributed by atoms with Crippen LogP contribution in [0.1, 0.15) is 26.3 Å². The van der Waals surface area contributed by atoms with E-state index in [-0.39, 0.29) is 23.4 Å². The lowest BCUT2D eigenvalue weighted by atomic mass is 10.2. The van der Waals surface area contributed by atoms with Crippen molar-refractivity contribution in [3.8, 4) is 11.5 Å². The molecule has 1 amide bonds. The molecule has 2 aromatic rings. The third-order valence-corrected chi connectivity index (χ3v) is 6.03. The Hall–Kier alpha value is -2.58. The zero-order valence-electron chi connectivity index (χ0n) is 17.4. The van der Waals surface area contributed by atoms with Crippen molar-refractivity contribution in [3.05, 3.63) is 54.1 Å². The van der Waals surface area contributed by atoms with Gasteiger partial charge in [0.15, 0.2) is 6.10 Å². The van der Waals surface area contributed by atoms with E-state index in [0.717, 1.165) is 5.56 Å². The van der Waals surface area contributed by atoms with Crippen molar-refractivity contribution in [2.24, 2.45) is 0 Å². The summed E-state index contributed by atoms with van der Waals surface area (Å²) in [6.45, 7) is 5.61. The number of benzene rings is 2. The highest BCUT2D eigenvalue weighted by Gasteiger charge is 2.21. The first-order valence-electron chi connectivity index (χ1n) is 9.30. The van der Waals surface area contributed by atoms with Crippen molar-refractivity contribution in [2.75, 3.05) is 14.2 Å². The normalized spacial score (nSPS) is 12.7. The van der Waals surface area contributed by atoms with E-state index >= 15 is 0 Å². The average molecular weight is 421 g/mol. The summed E-state index contributed by atoms with van der Waals surface area (Å²) in [5.74, 6) is 0.912. The maximum atomic E-state index is 12.8. The lowest BCUT2D eigenvalue weighted by Crippen LogP contribution is -2.40. The molecule has 2 aromatic carbocycles. The van der Waals surface area contributed by atoms with Gasteiger partial charge in [0.05, 0.1) is 12.0 Å². The van der Waals surface area contributed by atoms with Gasteiger partial charge in [-0.25, -0.2) is 8.42 Å². The molecule has 0 bridgehead atoms. The summed E-state index contributed by atoms with van der Waals surface area (Å²) in [7, 11) is -0.553. The monoisotopic (exact) mass is 420 g/mol. The smallest absolute Gasteiger partial charge is 0.260 e. The van der Waals surface area contributed by atoms with E-state index in [1.54, 1.807) is 38.3 Å². The van der Waals surface area contributed by atoms with Gasteiger partial charge in [0.2, 0.25) is 10.0 Å². The van der Waals surface area contributed by atoms with Gasteiger partial charge >= 0.3 is 0 Å². The molecule has 0 aromatic heterocycles. The number of sulfonamides is 1. The molecule has 0 aliphatic rings. The summed E-state index contributed by atoms with van der Waals surface area (Å²) >= 11 is 0. The molecule has 0 spiro atoms. The highest BCUT2D eigenvalue weighted by molar-refractivity contribution is 7.89. The topological polar surface area (TPSA) is 84.9 Å². The first-order chi connectivity index (χ1) is 13.6. The number of nitrogens with zero attached hydrogens (tertiary/aromatic N) is 1. The molecular weight excluding hydrogens is 392 g/mol. The standard InChI is InChI=1S/C21H28N2O5S/c1-15(2)22-21(24)16(3)28-19-10-12-20(13-11-19)29(25,26)23(4)14-17-6-8-18(27-5)9-7-17/h6-13,15-16H,14H2,1-5H3,(H,22,24)/t16-/m1/s1. The summed E-state index contributed by atoms with van der Waals surface area (Å²) in [6, 6.07) is 13.3. The van der Waals surface area contributed by atoms with Crippen LogP contribution >= 0.6 is 0 Å². The van der Waals surface area contributed by atoms with Crippen LogP contribution in [0.4, 0.5) is 0 Å². The van der Waals surface area contributed by atoms with E-state index in [0.29, 0.717) is 11.5 Å². The Balaban J connectivity index is 2.05. The Morgan fingerprint density at radius 1 is 1.00 bits per heavy atom. The van der Waals surface area contributed by atoms with E-state index in [2.05, 4.69) is 5.32 Å². The number of nitrogens with one attached hydrogen (secondary N) is 1. The molecule has 0 saturated carbocycles. The van der Waals surface area contributed by atoms with Crippen molar-refractivity contribution < 1.29 is 22.7 Å². The second kappa shape index (κ2) is 9.76. The molecule has 8 heteroatoms. The van der Waals surface area contributed by atoms with E-state index in [9.17, 15) is 13.2 Å². The zero-order chi connectivity index (χ0) is 21.6. The largest absolute Gasteiger partial charge is 0.497 e. The van der Waals surface area contributed by atoms with Gasteiger partial charge in [0.25, 0.3) is 5.91 Å². The van der Waals surface area contributed by atoms with Crippen LogP contribution in [0, 0.1) is 0 Å². The molecular formula is C21H28N2O5S. The van der Waals surface area contributed by atoms with Gasteiger partial charge in [-0.2, -0.15) is 4.31 Å². The Kier molecular flexibility index (Phi) is 7.64. The van der Waals surface area contributed by atoms with Crippen molar-refractivity contribution in [1.29, 1.82) is 0 Å². The Bertz CT molecular complexity index is 909. The molecule has 7 nitrogen and oxygen atoms in total. The van der Waals surface area contributed by atoms with Crippen LogP contribution < -0.4 is 14.8 Å². The van der Waals surface area contributed by atoms with Crippen LogP contribution in [0.2, 0.25) is 0 Å². The van der Waals surface area contributed by atoms with Crippen LogP contribution in [-0.2, 0) is 21.4 Å². The van der Waals surface area contributed by atoms with Gasteiger partial charge in [0.1, 0.15) is 11.5 Å². The zero-order valence-corrected chi connectivity index (χ0v) is 18.2. The van der Waals surface area contributed by atoms with E-state index in [1.807, 2.05) is 26.0 Å². The molecule has 0 aliphatic carbocycles. The molecule has 0 saturated heterocycles. The van der Waals surface area contributed by atoms with Gasteiger partial charge < -0.3 is 14.8 Å². The van der Waals surface area contributed by atoms with Gasteiger partial charge in [-0.05, 0) is 62.7 Å². The van der Waals surface area contributed by atoms with Gasteiger partial charge in [0, 0.05) is 19.6 Å². The van der Waals surface area contributed by atoms with Crippen LogP contribution in [0.5, 0.6) is 11.5 Å². The molecule has 0 fully saturated rings. The van der Waals surface area contributed by atoms with Crippen LogP contribution in [0.15, 0.2) is 53.4 Å². The Morgan fingerprint density at radius 2 is 1.55 bits per heavy atom. The maximum Gasteiger partial charge on any atom is 0.260 e. The van der Waals surface area contributed by atoms with E-state index in [1.165, 1.54) is 23.5 Å². The summed E-state index contributed by atoms with van der Waals surface area (Å²) in [6.07, 6.45) is -0.683. The third-order valence-electron chi connectivity index (χ3n) is 4.21. The number of methoxy groups -OCH3 is 1. The van der Waals surface area contributed by atoms with Crippen LogP contribution in [-0.4, -0.2) is 44.9 Å². The summed E-state index contributed by atoms with van der Waals surface area (Å²) < 4.78 is 37.6. The van der Waals surface area contributed by atoms with E-state index < -0.39 is 16.1 Å². The quantitative estimate of drug-likeness (QED) is 0.674. The summed E-state index contributed by atoms with van der Waals surface area (Å²) in [4.78, 5) is 12.1. The molecule has 158 valence electrons. The second-order valence-corrected chi connectivity index (χ2v) is 9.05. The van der Waals surface area contributed by atoms with Crippen molar-refractivity contribution in [3.63, 3.8) is 0 Å². The number of amides is 1. The minimum Gasteiger partial charge on any atom is -0.497 e. The highest BCUT2D eigenvalue weighted by atomic mass is 32.2. The van der Waals surface area contributed by atoms with Crippen LogP contribution in [0.3, 0.4) is 0 Å². The number of ether oxygens (including phenoxy) is 2. The Morgan fingerprint density at radius 3 is 2.07 bits per heavy atom. The average Bonchev–Trinajstić information content (AvgIpc) is 2.68. The van der Waals surface area contributed by atoms with Gasteiger partial charge in [-0.3, -0.25) is 4.79 Å². The molecule has 1 N–H and O–H groups in total. The summed E-state index contributed by atoms with van der Waals surface area (Å²) in [5, 5.41) is 2.77. The molecule has 0 radical (unpaired) electrons. The first-order valence-corrected chi connectivity index (χ1v) is 10.7. The van der Waals surface area contributed by atoms with Gasteiger partial charge in [-0.15, -0.1) is 0 Å². The van der Waals surface area contributed by atoms with Crippen LogP contribution in [0.25, 0.3) is 0 Å². The maximum absolute atomic E-state index is 12.8. The SMILES string of the molecule is COc1ccc(CN(C)S(=O)(=O)c2ccc(O[C@H](C)C(=O)NC(C)C)cc2)cc1. The molecule has 0 aliphatic heterocycles. The molecule has 2 rings (SSSR count). The minimum absolute atomic E-state index is 0.0160. The van der Waals surface area contributed by atoms with Crippen molar-refractivity contribution >= 4 is 15.9 Å². The fraction of sp³-hybridized carbons (Fsp3) is 0.381. The lowest BCUT2D eigenvalue weighted by Gasteiger charge is -2.19.